The zero-order chi connectivity index (χ0) is 53.0. The second-order valence-electron chi connectivity index (χ2n) is 18.6. The molecule has 0 aliphatic carbocycles. The number of thiol groups is 1. The van der Waals surface area contributed by atoms with Gasteiger partial charge in [0.05, 0.1) is 69.5 Å². The number of aliphatic hydroxyl groups is 3. The molecule has 3 N–H and O–H groups in total. The first-order chi connectivity index (χ1) is 34.4. The number of hydrogen-bond acceptors (Lipinski definition) is 17. The van der Waals surface area contributed by atoms with Crippen LogP contribution in [0.1, 0.15) is 98.3 Å². The number of rotatable bonds is 22. The molecule has 0 radical (unpaired) electrons. The quantitative estimate of drug-likeness (QED) is 0.0260. The van der Waals surface area contributed by atoms with Crippen LogP contribution in [0.15, 0.2) is 82.6 Å². The van der Waals surface area contributed by atoms with Crippen molar-refractivity contribution in [3.8, 4) is 0 Å². The molecule has 3 aliphatic rings. The average Bonchev–Trinajstić information content (AvgIpc) is 3.41. The third-order valence-corrected chi connectivity index (χ3v) is 14.7. The van der Waals surface area contributed by atoms with E-state index in [-0.39, 0.29) is 49.0 Å². The Bertz CT molecular complexity index is 2020. The summed E-state index contributed by atoms with van der Waals surface area (Å²) in [5, 5.41) is 25.3. The van der Waals surface area contributed by atoms with Gasteiger partial charge in [0, 0.05) is 96.0 Å². The standard InChI is InChI=1S/C22H33NO5S.C16H23NO3S.C14H18FNO2.C2H6OS/c1-22(2,23-11-14-27-15-12-23)21(26)18-7-9-19(10-8-18)29-17-16-28-20(25)6-4-3-5-13-24;1-16(2,17-7-10-20-11-8-17)15(19)13-3-5-14(6-4-13)21-12-9-18;1-14(2,16-7-9-18-10-8-16)13(17)11-3-5-12(15)6-4-11;3-1-2-4/h7-10,24H,3-6,11-17H2,1-2H3;3-6,18H,7-12H2,1-2H3;3-6H,7-10H2,1-2H3;3-4H,1-2H2. The van der Waals surface area contributed by atoms with Crippen molar-refractivity contribution in [3.63, 3.8) is 0 Å². The van der Waals surface area contributed by atoms with Crippen LogP contribution in [0.25, 0.3) is 0 Å². The third kappa shape index (κ3) is 21.2. The molecule has 0 saturated carbocycles. The summed E-state index contributed by atoms with van der Waals surface area (Å²) in [6, 6.07) is 21.0. The van der Waals surface area contributed by atoms with E-state index in [1.165, 1.54) is 12.1 Å². The third-order valence-electron chi connectivity index (χ3n) is 12.5. The monoisotopic (exact) mass is 1060 g/mol. The number of thioether (sulfide) groups is 2. The summed E-state index contributed by atoms with van der Waals surface area (Å²) in [5.74, 6) is 1.69. The molecule has 0 atom stereocenters. The van der Waals surface area contributed by atoms with Gasteiger partial charge in [-0.3, -0.25) is 33.9 Å². The Morgan fingerprint density at radius 3 is 1.22 bits per heavy atom. The SMILES string of the molecule is CC(C)(C(=O)c1ccc(F)cc1)N1CCOCC1.CC(C)(C(=O)c1ccc(SCCO)cc1)N1CCOCC1.CC(C)(C(=O)c1ccc(SCCOC(=O)CCCCCO)cc1)N1CCOCC1.OCCS. The Labute approximate surface area is 441 Å². The fourth-order valence-corrected chi connectivity index (χ4v) is 9.36. The minimum Gasteiger partial charge on any atom is -0.465 e. The zero-order valence-corrected chi connectivity index (χ0v) is 45.8. The molecule has 3 aromatic carbocycles. The maximum atomic E-state index is 13.0. The predicted molar refractivity (Wildman–Crippen MR) is 288 cm³/mol. The first-order valence-electron chi connectivity index (χ1n) is 24.9. The zero-order valence-electron chi connectivity index (χ0n) is 43.3. The molecule has 0 bridgehead atoms. The number of benzene rings is 3. The summed E-state index contributed by atoms with van der Waals surface area (Å²) in [5.41, 5.74) is 0.350. The fraction of sp³-hybridized carbons (Fsp3) is 0.593. The van der Waals surface area contributed by atoms with E-state index in [9.17, 15) is 23.6 Å². The van der Waals surface area contributed by atoms with Crippen molar-refractivity contribution in [1.29, 1.82) is 0 Å². The number of ether oxygens (including phenoxy) is 4. The summed E-state index contributed by atoms with van der Waals surface area (Å²) in [7, 11) is 0. The van der Waals surface area contributed by atoms with Gasteiger partial charge < -0.3 is 34.3 Å². The van der Waals surface area contributed by atoms with Crippen molar-refractivity contribution < 1.29 is 57.8 Å². The highest BCUT2D eigenvalue weighted by atomic mass is 32.2. The Balaban J connectivity index is 0.000000282. The van der Waals surface area contributed by atoms with Gasteiger partial charge in [0.25, 0.3) is 0 Å². The van der Waals surface area contributed by atoms with Crippen LogP contribution in [0.5, 0.6) is 0 Å². The van der Waals surface area contributed by atoms with Gasteiger partial charge in [-0.1, -0.05) is 30.7 Å². The van der Waals surface area contributed by atoms with Crippen molar-refractivity contribution in [2.75, 3.05) is 123 Å². The van der Waals surface area contributed by atoms with Gasteiger partial charge >= 0.3 is 5.97 Å². The van der Waals surface area contributed by atoms with Gasteiger partial charge in [-0.15, -0.1) is 23.5 Å². The number of esters is 1. The lowest BCUT2D eigenvalue weighted by molar-refractivity contribution is -0.143. The molecule has 0 unspecified atom stereocenters. The molecule has 3 heterocycles. The second kappa shape index (κ2) is 33.6. The normalized spacial score (nSPS) is 15.9. The van der Waals surface area contributed by atoms with Crippen LogP contribution in [0.3, 0.4) is 0 Å². The van der Waals surface area contributed by atoms with Crippen LogP contribution < -0.4 is 0 Å². The number of ketones is 3. The molecule has 3 saturated heterocycles. The number of carbonyl (C=O) groups excluding carboxylic acids is 4. The molecule has 3 fully saturated rings. The molecule has 18 heteroatoms. The van der Waals surface area contributed by atoms with Crippen LogP contribution in [0, 0.1) is 5.82 Å². The maximum Gasteiger partial charge on any atom is 0.305 e. The molecule has 0 amide bonds. The van der Waals surface area contributed by atoms with Crippen LogP contribution in [-0.4, -0.2) is 193 Å². The minimum atomic E-state index is -0.582. The molecular formula is C54H80FN3O11S3. The van der Waals surface area contributed by atoms with Crippen LogP contribution >= 0.6 is 36.2 Å². The largest absolute Gasteiger partial charge is 0.465 e. The Morgan fingerprint density at radius 1 is 0.542 bits per heavy atom. The number of hydrogen-bond donors (Lipinski definition) is 4. The van der Waals surface area contributed by atoms with E-state index in [1.54, 1.807) is 35.7 Å². The van der Waals surface area contributed by atoms with Crippen molar-refractivity contribution in [2.45, 2.75) is 93.6 Å². The van der Waals surface area contributed by atoms with Crippen molar-refractivity contribution in [1.82, 2.24) is 14.7 Å². The van der Waals surface area contributed by atoms with Crippen molar-refractivity contribution in [3.05, 3.63) is 95.3 Å². The van der Waals surface area contributed by atoms with Crippen molar-refractivity contribution in [2.24, 2.45) is 0 Å². The number of carbonyl (C=O) groups is 4. The Morgan fingerprint density at radius 2 is 0.889 bits per heavy atom. The smallest absolute Gasteiger partial charge is 0.305 e. The van der Waals surface area contributed by atoms with E-state index in [4.69, 9.17) is 34.3 Å². The van der Waals surface area contributed by atoms with Gasteiger partial charge in [0.1, 0.15) is 12.4 Å². The van der Waals surface area contributed by atoms with E-state index in [0.717, 1.165) is 73.9 Å². The first kappa shape index (κ1) is 63.1. The van der Waals surface area contributed by atoms with Crippen LogP contribution in [0.2, 0.25) is 0 Å². The molecule has 6 rings (SSSR count). The minimum absolute atomic E-state index is 0.0180. The van der Waals surface area contributed by atoms with Gasteiger partial charge in [0.2, 0.25) is 0 Å². The van der Waals surface area contributed by atoms with Gasteiger partial charge in [-0.25, -0.2) is 4.39 Å². The summed E-state index contributed by atoms with van der Waals surface area (Å²) < 4.78 is 34.1. The van der Waals surface area contributed by atoms with E-state index >= 15 is 0 Å². The second-order valence-corrected chi connectivity index (χ2v) is 21.4. The molecule has 3 aromatic rings. The lowest BCUT2D eigenvalue weighted by atomic mass is 9.91. The van der Waals surface area contributed by atoms with E-state index in [0.29, 0.717) is 81.1 Å². The topological polar surface area (TPSA) is 176 Å². The van der Waals surface area contributed by atoms with Crippen LogP contribution in [0.4, 0.5) is 4.39 Å². The summed E-state index contributed by atoms with van der Waals surface area (Å²) in [6.45, 7) is 21.3. The molecule has 3 aliphatic heterocycles. The van der Waals surface area contributed by atoms with E-state index in [1.807, 2.05) is 90.1 Å². The van der Waals surface area contributed by atoms with Gasteiger partial charge in [-0.2, -0.15) is 12.6 Å². The summed E-state index contributed by atoms with van der Waals surface area (Å²) >= 11 is 6.86. The summed E-state index contributed by atoms with van der Waals surface area (Å²) in [6.07, 6.45) is 2.72. The number of nitrogens with zero attached hydrogens (tertiary/aromatic N) is 3. The number of unbranched alkanes of at least 4 members (excludes halogenated alkanes) is 2. The number of halogens is 1. The lowest BCUT2D eigenvalue weighted by Crippen LogP contribution is -2.54. The molecule has 14 nitrogen and oxygen atoms in total. The van der Waals surface area contributed by atoms with Crippen LogP contribution in [-0.2, 0) is 23.7 Å². The van der Waals surface area contributed by atoms with Crippen molar-refractivity contribution >= 4 is 59.5 Å². The van der Waals surface area contributed by atoms with Gasteiger partial charge in [0.15, 0.2) is 17.3 Å². The maximum absolute atomic E-state index is 13.0. The van der Waals surface area contributed by atoms with Gasteiger partial charge in [-0.05, 0) is 103 Å². The molecule has 72 heavy (non-hydrogen) atoms. The highest BCUT2D eigenvalue weighted by molar-refractivity contribution is 7.99. The number of morpholine rings is 3. The fourth-order valence-electron chi connectivity index (χ4n) is 7.97. The molecule has 0 aromatic heterocycles. The molecule has 402 valence electrons. The highest BCUT2D eigenvalue weighted by Crippen LogP contribution is 2.27. The molecular weight excluding hydrogens is 982 g/mol. The van der Waals surface area contributed by atoms with E-state index in [2.05, 4.69) is 27.3 Å². The Hall–Kier alpha value is -3.24. The predicted octanol–water partition coefficient (Wildman–Crippen LogP) is 7.26. The Kier molecular flexibility index (Phi) is 29.5. The number of aliphatic hydroxyl groups excluding tert-OH is 3. The first-order valence-corrected chi connectivity index (χ1v) is 27.5. The molecule has 0 spiro atoms. The lowest BCUT2D eigenvalue weighted by Gasteiger charge is -2.39. The number of Topliss-reactive ketones (excluding diaryl/α,β-unsaturated/α-hetero) is 3. The highest BCUT2D eigenvalue weighted by Gasteiger charge is 2.38. The van der Waals surface area contributed by atoms with E-state index < -0.39 is 16.6 Å². The summed E-state index contributed by atoms with van der Waals surface area (Å²) in [4.78, 5) is 58.4. The average molecular weight is 1060 g/mol.